The molecule has 0 fully saturated rings. The van der Waals surface area contributed by atoms with Crippen LogP contribution in [0.25, 0.3) is 0 Å². The number of benzene rings is 1. The van der Waals surface area contributed by atoms with Gasteiger partial charge >= 0.3 is 0 Å². The number of hydrogen-bond acceptors (Lipinski definition) is 3. The summed E-state index contributed by atoms with van der Waals surface area (Å²) in [6.45, 7) is 1.76. The average molecular weight is 271 g/mol. The number of thiophene rings is 1. The van der Waals surface area contributed by atoms with E-state index in [1.54, 1.807) is 24.3 Å². The van der Waals surface area contributed by atoms with E-state index in [1.807, 2.05) is 18.4 Å². The lowest BCUT2D eigenvalue weighted by Gasteiger charge is -2.04. The zero-order chi connectivity index (χ0) is 13.7. The molecule has 0 aliphatic rings. The topological polar surface area (TPSA) is 49.3 Å². The number of anilines is 1. The fourth-order valence-corrected chi connectivity index (χ4v) is 2.39. The molecule has 0 saturated heterocycles. The molecule has 0 bridgehead atoms. The van der Waals surface area contributed by atoms with Gasteiger partial charge in [0.05, 0.1) is 4.88 Å². The summed E-state index contributed by atoms with van der Waals surface area (Å²) in [6.07, 6.45) is 0. The van der Waals surface area contributed by atoms with Gasteiger partial charge in [-0.05, 0) is 48.2 Å². The lowest BCUT2D eigenvalue weighted by Crippen LogP contribution is -2.11. The van der Waals surface area contributed by atoms with E-state index in [4.69, 9.17) is 5.11 Å². The molecule has 0 saturated carbocycles. The molecule has 3 nitrogen and oxygen atoms in total. The Hall–Kier alpha value is -2.09. The number of carbonyl (C=O) groups excluding carboxylic acids is 1. The molecule has 2 rings (SSSR count). The molecule has 0 unspecified atom stereocenters. The quantitative estimate of drug-likeness (QED) is 0.825. The molecule has 4 heteroatoms. The van der Waals surface area contributed by atoms with E-state index >= 15 is 0 Å². The number of amides is 1. The molecule has 0 atom stereocenters. The molecule has 0 radical (unpaired) electrons. The molecule has 19 heavy (non-hydrogen) atoms. The van der Waals surface area contributed by atoms with Crippen molar-refractivity contribution in [2.75, 3.05) is 11.9 Å². The van der Waals surface area contributed by atoms with Gasteiger partial charge in [0.25, 0.3) is 5.91 Å². The maximum Gasteiger partial charge on any atom is 0.265 e. The second-order valence-corrected chi connectivity index (χ2v) is 4.84. The standard InChI is InChI=1S/C15H13NO2S/c1-11-8-10-19-14(11)15(18)16-13-6-4-12(5-7-13)3-2-9-17/h4-8,10,17H,9H2,1H3,(H,16,18). The molecule has 1 aromatic carbocycles. The smallest absolute Gasteiger partial charge is 0.265 e. The highest BCUT2D eigenvalue weighted by Crippen LogP contribution is 2.18. The van der Waals surface area contributed by atoms with Crippen LogP contribution in [0.15, 0.2) is 35.7 Å². The molecule has 0 spiro atoms. The lowest BCUT2D eigenvalue weighted by molar-refractivity contribution is 0.103. The van der Waals surface area contributed by atoms with E-state index in [2.05, 4.69) is 17.2 Å². The van der Waals surface area contributed by atoms with E-state index in [-0.39, 0.29) is 12.5 Å². The molecule has 0 aliphatic carbocycles. The summed E-state index contributed by atoms with van der Waals surface area (Å²) >= 11 is 1.43. The third kappa shape index (κ3) is 3.44. The van der Waals surface area contributed by atoms with Crippen molar-refractivity contribution in [2.45, 2.75) is 6.92 Å². The molecule has 96 valence electrons. The average Bonchev–Trinajstić information content (AvgIpc) is 2.84. The summed E-state index contributed by atoms with van der Waals surface area (Å²) in [5.74, 6) is 5.28. The zero-order valence-electron chi connectivity index (χ0n) is 10.4. The SMILES string of the molecule is Cc1ccsc1C(=O)Nc1ccc(C#CCO)cc1. The van der Waals surface area contributed by atoms with Gasteiger partial charge in [0.2, 0.25) is 0 Å². The molecule has 1 heterocycles. The summed E-state index contributed by atoms with van der Waals surface area (Å²) < 4.78 is 0. The summed E-state index contributed by atoms with van der Waals surface area (Å²) in [6, 6.07) is 9.12. The van der Waals surface area contributed by atoms with Crippen molar-refractivity contribution in [3.05, 3.63) is 51.7 Å². The van der Waals surface area contributed by atoms with Gasteiger partial charge in [0, 0.05) is 11.3 Å². The van der Waals surface area contributed by atoms with E-state index in [0.29, 0.717) is 0 Å². The van der Waals surface area contributed by atoms with Crippen molar-refractivity contribution >= 4 is 22.9 Å². The second-order valence-electron chi connectivity index (χ2n) is 3.92. The fourth-order valence-electron chi connectivity index (χ4n) is 1.57. The second kappa shape index (κ2) is 6.19. The summed E-state index contributed by atoms with van der Waals surface area (Å²) in [5.41, 5.74) is 2.51. The number of aliphatic hydroxyl groups is 1. The Morgan fingerprint density at radius 2 is 2.05 bits per heavy atom. The summed E-state index contributed by atoms with van der Waals surface area (Å²) in [5, 5.41) is 13.3. The molecule has 0 aliphatic heterocycles. The molecular weight excluding hydrogens is 258 g/mol. The first-order valence-corrected chi connectivity index (χ1v) is 6.64. The van der Waals surface area contributed by atoms with Gasteiger partial charge in [-0.1, -0.05) is 11.8 Å². The van der Waals surface area contributed by atoms with Crippen molar-refractivity contribution < 1.29 is 9.90 Å². The Morgan fingerprint density at radius 3 is 2.63 bits per heavy atom. The van der Waals surface area contributed by atoms with Crippen LogP contribution >= 0.6 is 11.3 Å². The number of rotatable bonds is 2. The lowest BCUT2D eigenvalue weighted by atomic mass is 10.2. The molecular formula is C15H13NO2S. The minimum atomic E-state index is -0.157. The molecule has 2 aromatic rings. The summed E-state index contributed by atoms with van der Waals surface area (Å²) in [7, 11) is 0. The highest BCUT2D eigenvalue weighted by Gasteiger charge is 2.10. The number of carbonyl (C=O) groups is 1. The number of nitrogens with one attached hydrogen (secondary N) is 1. The van der Waals surface area contributed by atoms with Crippen molar-refractivity contribution in [3.8, 4) is 11.8 Å². The van der Waals surface area contributed by atoms with E-state index in [9.17, 15) is 4.79 Å². The van der Waals surface area contributed by atoms with Crippen LogP contribution < -0.4 is 5.32 Å². The van der Waals surface area contributed by atoms with Crippen molar-refractivity contribution in [3.63, 3.8) is 0 Å². The summed E-state index contributed by atoms with van der Waals surface area (Å²) in [4.78, 5) is 12.7. The molecule has 1 aromatic heterocycles. The third-order valence-electron chi connectivity index (χ3n) is 2.52. The van der Waals surface area contributed by atoms with Gasteiger partial charge in [-0.15, -0.1) is 11.3 Å². The van der Waals surface area contributed by atoms with Crippen LogP contribution in [0.4, 0.5) is 5.69 Å². The predicted molar refractivity (Wildman–Crippen MR) is 77.4 cm³/mol. The minimum Gasteiger partial charge on any atom is -0.384 e. The maximum absolute atomic E-state index is 12.0. The zero-order valence-corrected chi connectivity index (χ0v) is 11.3. The van der Waals surface area contributed by atoms with Crippen LogP contribution in [-0.4, -0.2) is 17.6 Å². The van der Waals surface area contributed by atoms with Crippen LogP contribution in [0.3, 0.4) is 0 Å². The highest BCUT2D eigenvalue weighted by atomic mass is 32.1. The Kier molecular flexibility index (Phi) is 4.35. The molecule has 2 N–H and O–H groups in total. The minimum absolute atomic E-state index is 0.0957. The normalized spacial score (nSPS) is 9.58. The number of aliphatic hydroxyl groups excluding tert-OH is 1. The van der Waals surface area contributed by atoms with Crippen LogP contribution in [0, 0.1) is 18.8 Å². The Bertz CT molecular complexity index is 632. The van der Waals surface area contributed by atoms with Crippen LogP contribution in [0.2, 0.25) is 0 Å². The highest BCUT2D eigenvalue weighted by molar-refractivity contribution is 7.12. The van der Waals surface area contributed by atoms with Crippen LogP contribution in [0.5, 0.6) is 0 Å². The number of aryl methyl sites for hydroxylation is 1. The third-order valence-corrected chi connectivity index (χ3v) is 3.54. The van der Waals surface area contributed by atoms with E-state index in [1.165, 1.54) is 11.3 Å². The van der Waals surface area contributed by atoms with Crippen LogP contribution in [0.1, 0.15) is 20.8 Å². The maximum atomic E-state index is 12.0. The van der Waals surface area contributed by atoms with Crippen molar-refractivity contribution in [1.29, 1.82) is 0 Å². The van der Waals surface area contributed by atoms with Gasteiger partial charge < -0.3 is 10.4 Å². The van der Waals surface area contributed by atoms with Gasteiger partial charge in [-0.3, -0.25) is 4.79 Å². The largest absolute Gasteiger partial charge is 0.384 e. The first-order chi connectivity index (χ1) is 9.20. The van der Waals surface area contributed by atoms with Gasteiger partial charge in [0.1, 0.15) is 6.61 Å². The monoisotopic (exact) mass is 271 g/mol. The van der Waals surface area contributed by atoms with Crippen molar-refractivity contribution in [2.24, 2.45) is 0 Å². The number of hydrogen-bond donors (Lipinski definition) is 2. The van der Waals surface area contributed by atoms with E-state index in [0.717, 1.165) is 21.7 Å². The van der Waals surface area contributed by atoms with Gasteiger partial charge in [0.15, 0.2) is 0 Å². The Balaban J connectivity index is 2.08. The Labute approximate surface area is 115 Å². The predicted octanol–water partition coefficient (Wildman–Crippen LogP) is 2.65. The van der Waals surface area contributed by atoms with Gasteiger partial charge in [-0.2, -0.15) is 0 Å². The Morgan fingerprint density at radius 1 is 1.32 bits per heavy atom. The van der Waals surface area contributed by atoms with E-state index < -0.39 is 0 Å². The first-order valence-electron chi connectivity index (χ1n) is 5.76. The first kappa shape index (κ1) is 13.3. The van der Waals surface area contributed by atoms with Crippen LogP contribution in [-0.2, 0) is 0 Å². The van der Waals surface area contributed by atoms with Gasteiger partial charge in [-0.25, -0.2) is 0 Å². The van der Waals surface area contributed by atoms with Crippen molar-refractivity contribution in [1.82, 2.24) is 0 Å². The molecule has 1 amide bonds. The fraction of sp³-hybridized carbons (Fsp3) is 0.133.